The molecule has 1 aliphatic heterocycles. The van der Waals surface area contributed by atoms with Crippen LogP contribution in [-0.2, 0) is 20.9 Å². The molecule has 1 atom stereocenters. The molecule has 31 heavy (non-hydrogen) atoms. The standard InChI is InChI=1S/C24H28N2O5/c1-3-4-13-31-24(29)20-7-5-6-8-21(20)25-23(28)18-14-22(27)26(16-18)15-17-9-11-19(30-2)12-10-17/h5-12,18H,3-4,13-16H2,1-2H3,(H,25,28). The highest BCUT2D eigenvalue weighted by atomic mass is 16.5. The Morgan fingerprint density at radius 2 is 1.87 bits per heavy atom. The number of amides is 2. The Morgan fingerprint density at radius 3 is 2.58 bits per heavy atom. The zero-order valence-electron chi connectivity index (χ0n) is 17.9. The van der Waals surface area contributed by atoms with Crippen LogP contribution in [0.25, 0.3) is 0 Å². The summed E-state index contributed by atoms with van der Waals surface area (Å²) in [6.07, 6.45) is 1.86. The van der Waals surface area contributed by atoms with Crippen LogP contribution in [-0.4, -0.2) is 42.9 Å². The van der Waals surface area contributed by atoms with Crippen molar-refractivity contribution in [2.45, 2.75) is 32.7 Å². The summed E-state index contributed by atoms with van der Waals surface area (Å²) in [5, 5.41) is 2.81. The van der Waals surface area contributed by atoms with Crippen LogP contribution in [0.4, 0.5) is 5.69 Å². The number of para-hydroxylation sites is 1. The number of esters is 1. The predicted octanol–water partition coefficient (Wildman–Crippen LogP) is 3.64. The van der Waals surface area contributed by atoms with E-state index in [0.717, 1.165) is 24.2 Å². The first-order chi connectivity index (χ1) is 15.0. The van der Waals surface area contributed by atoms with Gasteiger partial charge in [0, 0.05) is 19.5 Å². The molecule has 164 valence electrons. The van der Waals surface area contributed by atoms with Crippen LogP contribution in [0.5, 0.6) is 5.75 Å². The van der Waals surface area contributed by atoms with Gasteiger partial charge < -0.3 is 19.7 Å². The molecular formula is C24H28N2O5. The molecule has 1 unspecified atom stereocenters. The maximum absolute atomic E-state index is 12.8. The van der Waals surface area contributed by atoms with Crippen molar-refractivity contribution >= 4 is 23.5 Å². The van der Waals surface area contributed by atoms with Crippen LogP contribution >= 0.6 is 0 Å². The minimum absolute atomic E-state index is 0.0665. The molecule has 2 aromatic carbocycles. The number of nitrogens with zero attached hydrogens (tertiary/aromatic N) is 1. The molecule has 0 radical (unpaired) electrons. The van der Waals surface area contributed by atoms with Crippen molar-refractivity contribution in [3.8, 4) is 5.75 Å². The van der Waals surface area contributed by atoms with E-state index in [1.807, 2.05) is 31.2 Å². The molecule has 1 fully saturated rings. The largest absolute Gasteiger partial charge is 0.497 e. The lowest BCUT2D eigenvalue weighted by atomic mass is 10.1. The summed E-state index contributed by atoms with van der Waals surface area (Å²) in [4.78, 5) is 39.3. The van der Waals surface area contributed by atoms with Gasteiger partial charge in [-0.15, -0.1) is 0 Å². The van der Waals surface area contributed by atoms with Crippen LogP contribution in [0.15, 0.2) is 48.5 Å². The molecule has 7 nitrogen and oxygen atoms in total. The van der Waals surface area contributed by atoms with Gasteiger partial charge >= 0.3 is 5.97 Å². The molecule has 1 saturated heterocycles. The fraction of sp³-hybridized carbons (Fsp3) is 0.375. The number of methoxy groups -OCH3 is 1. The SMILES string of the molecule is CCCCOC(=O)c1ccccc1NC(=O)C1CC(=O)N(Cc2ccc(OC)cc2)C1. The molecule has 3 rings (SSSR count). The van der Waals surface area contributed by atoms with Gasteiger partial charge in [0.1, 0.15) is 5.75 Å². The second-order valence-electron chi connectivity index (χ2n) is 7.55. The lowest BCUT2D eigenvalue weighted by molar-refractivity contribution is -0.128. The van der Waals surface area contributed by atoms with E-state index in [9.17, 15) is 14.4 Å². The number of hydrogen-bond acceptors (Lipinski definition) is 5. The molecule has 0 aromatic heterocycles. The fourth-order valence-electron chi connectivity index (χ4n) is 3.44. The first-order valence-electron chi connectivity index (χ1n) is 10.5. The van der Waals surface area contributed by atoms with Gasteiger partial charge in [0.05, 0.1) is 30.9 Å². The molecule has 0 spiro atoms. The Balaban J connectivity index is 1.61. The highest BCUT2D eigenvalue weighted by molar-refractivity contribution is 6.03. The van der Waals surface area contributed by atoms with E-state index in [2.05, 4.69) is 5.32 Å². The average molecular weight is 424 g/mol. The number of ether oxygens (including phenoxy) is 2. The molecule has 1 heterocycles. The molecule has 0 bridgehead atoms. The lowest BCUT2D eigenvalue weighted by Crippen LogP contribution is -2.28. The van der Waals surface area contributed by atoms with Crippen molar-refractivity contribution in [1.29, 1.82) is 0 Å². The number of likely N-dealkylation sites (tertiary alicyclic amines) is 1. The van der Waals surface area contributed by atoms with Gasteiger partial charge in [-0.25, -0.2) is 4.79 Å². The zero-order chi connectivity index (χ0) is 22.2. The zero-order valence-corrected chi connectivity index (χ0v) is 17.9. The summed E-state index contributed by atoms with van der Waals surface area (Å²) in [6, 6.07) is 14.3. The number of carbonyl (C=O) groups is 3. The summed E-state index contributed by atoms with van der Waals surface area (Å²) >= 11 is 0. The topological polar surface area (TPSA) is 84.9 Å². The van der Waals surface area contributed by atoms with E-state index in [1.54, 1.807) is 36.3 Å². The number of unbranched alkanes of at least 4 members (excludes halogenated alkanes) is 1. The second kappa shape index (κ2) is 10.6. The maximum Gasteiger partial charge on any atom is 0.340 e. The van der Waals surface area contributed by atoms with Crippen molar-refractivity contribution in [2.24, 2.45) is 5.92 Å². The fourth-order valence-corrected chi connectivity index (χ4v) is 3.44. The molecule has 0 aliphatic carbocycles. The van der Waals surface area contributed by atoms with Gasteiger partial charge in [-0.2, -0.15) is 0 Å². The Bertz CT molecular complexity index is 926. The first kappa shape index (κ1) is 22.3. The van der Waals surface area contributed by atoms with E-state index in [-0.39, 0.29) is 18.2 Å². The summed E-state index contributed by atoms with van der Waals surface area (Å²) in [5.74, 6) is -0.536. The molecule has 1 aliphatic rings. The van der Waals surface area contributed by atoms with Gasteiger partial charge in [0.15, 0.2) is 0 Å². The number of rotatable bonds is 9. The summed E-state index contributed by atoms with van der Waals surface area (Å²) in [6.45, 7) is 3.13. The molecule has 2 aromatic rings. The number of anilines is 1. The summed E-state index contributed by atoms with van der Waals surface area (Å²) < 4.78 is 10.4. The van der Waals surface area contributed by atoms with Crippen LogP contribution in [0, 0.1) is 5.92 Å². The van der Waals surface area contributed by atoms with Gasteiger partial charge in [-0.3, -0.25) is 9.59 Å². The van der Waals surface area contributed by atoms with Crippen molar-refractivity contribution in [3.63, 3.8) is 0 Å². The third-order valence-corrected chi connectivity index (χ3v) is 5.25. The first-order valence-corrected chi connectivity index (χ1v) is 10.5. The Labute approximate surface area is 182 Å². The predicted molar refractivity (Wildman–Crippen MR) is 117 cm³/mol. The number of benzene rings is 2. The van der Waals surface area contributed by atoms with E-state index in [1.165, 1.54) is 0 Å². The average Bonchev–Trinajstić information content (AvgIpc) is 3.15. The third-order valence-electron chi connectivity index (χ3n) is 5.25. The Hall–Kier alpha value is -3.35. The Kier molecular flexibility index (Phi) is 7.65. The molecule has 1 N–H and O–H groups in total. The van der Waals surface area contributed by atoms with E-state index >= 15 is 0 Å². The van der Waals surface area contributed by atoms with Crippen LogP contribution in [0.2, 0.25) is 0 Å². The molecular weight excluding hydrogens is 396 g/mol. The smallest absolute Gasteiger partial charge is 0.340 e. The highest BCUT2D eigenvalue weighted by Crippen LogP contribution is 2.24. The van der Waals surface area contributed by atoms with E-state index in [4.69, 9.17) is 9.47 Å². The normalized spacial score (nSPS) is 15.6. The summed E-state index contributed by atoms with van der Waals surface area (Å²) in [5.41, 5.74) is 1.68. The van der Waals surface area contributed by atoms with E-state index in [0.29, 0.717) is 30.9 Å². The highest BCUT2D eigenvalue weighted by Gasteiger charge is 2.34. The van der Waals surface area contributed by atoms with Crippen molar-refractivity contribution < 1.29 is 23.9 Å². The number of nitrogens with one attached hydrogen (secondary N) is 1. The quantitative estimate of drug-likeness (QED) is 0.491. The van der Waals surface area contributed by atoms with Crippen molar-refractivity contribution in [1.82, 2.24) is 4.90 Å². The van der Waals surface area contributed by atoms with Crippen LogP contribution in [0.3, 0.4) is 0 Å². The minimum atomic E-state index is -0.477. The summed E-state index contributed by atoms with van der Waals surface area (Å²) in [7, 11) is 1.60. The van der Waals surface area contributed by atoms with Crippen LogP contribution in [0.1, 0.15) is 42.1 Å². The van der Waals surface area contributed by atoms with Crippen molar-refractivity contribution in [3.05, 3.63) is 59.7 Å². The van der Waals surface area contributed by atoms with Gasteiger partial charge in [0.25, 0.3) is 0 Å². The Morgan fingerprint density at radius 1 is 1.13 bits per heavy atom. The minimum Gasteiger partial charge on any atom is -0.497 e. The third kappa shape index (κ3) is 5.84. The molecule has 7 heteroatoms. The van der Waals surface area contributed by atoms with Gasteiger partial charge in [-0.1, -0.05) is 37.6 Å². The number of carbonyl (C=O) groups excluding carboxylic acids is 3. The lowest BCUT2D eigenvalue weighted by Gasteiger charge is -2.17. The number of hydrogen-bond donors (Lipinski definition) is 1. The van der Waals surface area contributed by atoms with E-state index < -0.39 is 11.9 Å². The molecule has 0 saturated carbocycles. The van der Waals surface area contributed by atoms with Gasteiger partial charge in [-0.05, 0) is 36.2 Å². The molecule has 2 amide bonds. The van der Waals surface area contributed by atoms with Gasteiger partial charge in [0.2, 0.25) is 11.8 Å². The van der Waals surface area contributed by atoms with Crippen LogP contribution < -0.4 is 10.1 Å². The van der Waals surface area contributed by atoms with Crippen molar-refractivity contribution in [2.75, 3.05) is 25.6 Å². The second-order valence-corrected chi connectivity index (χ2v) is 7.55. The monoisotopic (exact) mass is 424 g/mol. The maximum atomic E-state index is 12.8.